The minimum absolute atomic E-state index is 0.00226. The van der Waals surface area contributed by atoms with Crippen molar-refractivity contribution in [1.29, 1.82) is 5.26 Å². The average Bonchev–Trinajstić information content (AvgIpc) is 3.30. The highest BCUT2D eigenvalue weighted by molar-refractivity contribution is 5.78. The number of ether oxygens (including phenoxy) is 1. The second-order valence-corrected chi connectivity index (χ2v) is 9.95. The molecule has 1 saturated heterocycles. The number of piperazine rings is 1. The van der Waals surface area contributed by atoms with Crippen LogP contribution >= 0.6 is 0 Å². The lowest BCUT2D eigenvalue weighted by molar-refractivity contribution is -0.133. The SMILES string of the molecule is Cc1ccccc1OCC(=O)N1CCN(c2oc(/C=C/c3ccc(C(C)(C)C)cc3)nc2C#N)CC1. The summed E-state index contributed by atoms with van der Waals surface area (Å²) in [6.07, 6.45) is 3.70. The van der Waals surface area contributed by atoms with Crippen LogP contribution in [0.4, 0.5) is 5.88 Å². The molecule has 7 heteroatoms. The van der Waals surface area contributed by atoms with E-state index < -0.39 is 0 Å². The molecule has 186 valence electrons. The lowest BCUT2D eigenvalue weighted by atomic mass is 9.87. The van der Waals surface area contributed by atoms with Crippen molar-refractivity contribution in [3.63, 3.8) is 0 Å². The molecule has 36 heavy (non-hydrogen) atoms. The third-order valence-electron chi connectivity index (χ3n) is 6.29. The van der Waals surface area contributed by atoms with Gasteiger partial charge in [-0.15, -0.1) is 0 Å². The number of nitrogens with zero attached hydrogens (tertiary/aromatic N) is 4. The van der Waals surface area contributed by atoms with E-state index in [1.807, 2.05) is 42.2 Å². The molecule has 1 amide bonds. The fraction of sp³-hybridized carbons (Fsp3) is 0.345. The van der Waals surface area contributed by atoms with Crippen LogP contribution in [0.5, 0.6) is 5.75 Å². The lowest BCUT2D eigenvalue weighted by Crippen LogP contribution is -2.50. The summed E-state index contributed by atoms with van der Waals surface area (Å²) in [4.78, 5) is 20.7. The Kier molecular flexibility index (Phi) is 7.44. The molecule has 1 aliphatic rings. The molecule has 0 N–H and O–H groups in total. The summed E-state index contributed by atoms with van der Waals surface area (Å²) in [5.41, 5.74) is 3.64. The van der Waals surface area contributed by atoms with Crippen molar-refractivity contribution in [2.24, 2.45) is 0 Å². The van der Waals surface area contributed by atoms with Gasteiger partial charge in [0.25, 0.3) is 5.91 Å². The summed E-state index contributed by atoms with van der Waals surface area (Å²) < 4.78 is 11.6. The van der Waals surface area contributed by atoms with E-state index >= 15 is 0 Å². The minimum Gasteiger partial charge on any atom is -0.484 e. The second kappa shape index (κ2) is 10.7. The fourth-order valence-corrected chi connectivity index (χ4v) is 4.06. The Morgan fingerprint density at radius 3 is 2.42 bits per heavy atom. The Morgan fingerprint density at radius 2 is 1.78 bits per heavy atom. The molecule has 1 aromatic heterocycles. The summed E-state index contributed by atoms with van der Waals surface area (Å²) >= 11 is 0. The molecule has 0 unspecified atom stereocenters. The van der Waals surface area contributed by atoms with E-state index in [1.54, 1.807) is 11.0 Å². The Balaban J connectivity index is 1.35. The normalized spacial score (nSPS) is 14.2. The first-order chi connectivity index (χ1) is 17.2. The van der Waals surface area contributed by atoms with Crippen molar-refractivity contribution < 1.29 is 13.9 Å². The van der Waals surface area contributed by atoms with E-state index in [9.17, 15) is 10.1 Å². The van der Waals surface area contributed by atoms with Crippen molar-refractivity contribution in [3.8, 4) is 11.8 Å². The van der Waals surface area contributed by atoms with Crippen LogP contribution in [-0.4, -0.2) is 48.6 Å². The zero-order valence-corrected chi connectivity index (χ0v) is 21.3. The molecular formula is C29H32N4O3. The van der Waals surface area contributed by atoms with Crippen LogP contribution in [0.1, 0.15) is 49.0 Å². The molecule has 4 rings (SSSR count). The van der Waals surface area contributed by atoms with Gasteiger partial charge in [0.15, 0.2) is 6.61 Å². The zero-order valence-electron chi connectivity index (χ0n) is 21.3. The maximum atomic E-state index is 12.6. The Labute approximate surface area is 212 Å². The Morgan fingerprint density at radius 1 is 1.08 bits per heavy atom. The molecule has 3 aromatic rings. The monoisotopic (exact) mass is 484 g/mol. The number of rotatable bonds is 6. The number of hydrogen-bond acceptors (Lipinski definition) is 6. The van der Waals surface area contributed by atoms with Crippen molar-refractivity contribution in [1.82, 2.24) is 9.88 Å². The summed E-state index contributed by atoms with van der Waals surface area (Å²) in [7, 11) is 0. The fourth-order valence-electron chi connectivity index (χ4n) is 4.06. The number of benzene rings is 2. The van der Waals surface area contributed by atoms with Crippen LogP contribution in [-0.2, 0) is 10.2 Å². The van der Waals surface area contributed by atoms with Crippen LogP contribution in [0.3, 0.4) is 0 Å². The van der Waals surface area contributed by atoms with E-state index in [4.69, 9.17) is 9.15 Å². The molecule has 0 spiro atoms. The van der Waals surface area contributed by atoms with Gasteiger partial charge in [0.2, 0.25) is 17.5 Å². The van der Waals surface area contributed by atoms with Gasteiger partial charge >= 0.3 is 0 Å². The minimum atomic E-state index is -0.0583. The highest BCUT2D eigenvalue weighted by Crippen LogP contribution is 2.26. The maximum absolute atomic E-state index is 12.6. The smallest absolute Gasteiger partial charge is 0.260 e. The first kappa shape index (κ1) is 25.1. The van der Waals surface area contributed by atoms with Crippen molar-refractivity contribution in [2.75, 3.05) is 37.7 Å². The molecule has 1 fully saturated rings. The van der Waals surface area contributed by atoms with E-state index in [1.165, 1.54) is 5.56 Å². The van der Waals surface area contributed by atoms with Gasteiger partial charge in [-0.1, -0.05) is 63.2 Å². The molecule has 2 heterocycles. The number of para-hydroxylation sites is 1. The van der Waals surface area contributed by atoms with Gasteiger partial charge < -0.3 is 19.0 Å². The Hall–Kier alpha value is -4.05. The maximum Gasteiger partial charge on any atom is 0.260 e. The van der Waals surface area contributed by atoms with Crippen molar-refractivity contribution in [2.45, 2.75) is 33.1 Å². The third kappa shape index (κ3) is 5.95. The van der Waals surface area contributed by atoms with E-state index in [0.29, 0.717) is 38.0 Å². The van der Waals surface area contributed by atoms with Crippen LogP contribution in [0.2, 0.25) is 0 Å². The van der Waals surface area contributed by atoms with E-state index in [-0.39, 0.29) is 23.6 Å². The van der Waals surface area contributed by atoms with E-state index in [0.717, 1.165) is 16.9 Å². The van der Waals surface area contributed by atoms with Crippen LogP contribution < -0.4 is 9.64 Å². The lowest BCUT2D eigenvalue weighted by Gasteiger charge is -2.34. The topological polar surface area (TPSA) is 82.6 Å². The number of carbonyl (C=O) groups excluding carboxylic acids is 1. The highest BCUT2D eigenvalue weighted by Gasteiger charge is 2.26. The molecule has 0 aliphatic carbocycles. The molecule has 1 aliphatic heterocycles. The molecule has 2 aromatic carbocycles. The third-order valence-corrected chi connectivity index (χ3v) is 6.29. The highest BCUT2D eigenvalue weighted by atomic mass is 16.5. The summed E-state index contributed by atoms with van der Waals surface area (Å²) in [6, 6.07) is 18.1. The van der Waals surface area contributed by atoms with Crippen molar-refractivity contribution >= 4 is 23.9 Å². The predicted molar refractivity (Wildman–Crippen MR) is 141 cm³/mol. The van der Waals surface area contributed by atoms with Gasteiger partial charge in [0.05, 0.1) is 0 Å². The number of aryl methyl sites for hydroxylation is 1. The number of amides is 1. The number of hydrogen-bond donors (Lipinski definition) is 0. The Bertz CT molecular complexity index is 1270. The average molecular weight is 485 g/mol. The predicted octanol–water partition coefficient (Wildman–Crippen LogP) is 5.05. The van der Waals surface area contributed by atoms with Gasteiger partial charge in [-0.05, 0) is 41.2 Å². The molecule has 0 radical (unpaired) electrons. The molecule has 0 atom stereocenters. The number of carbonyl (C=O) groups is 1. The molecular weight excluding hydrogens is 452 g/mol. The number of nitriles is 1. The first-order valence-electron chi connectivity index (χ1n) is 12.2. The summed E-state index contributed by atoms with van der Waals surface area (Å²) in [5.74, 6) is 1.49. The van der Waals surface area contributed by atoms with Crippen LogP contribution in [0.25, 0.3) is 12.2 Å². The van der Waals surface area contributed by atoms with Crippen LogP contribution in [0.15, 0.2) is 52.9 Å². The van der Waals surface area contributed by atoms with Crippen molar-refractivity contribution in [3.05, 3.63) is 76.8 Å². The van der Waals surface area contributed by atoms with Gasteiger partial charge in [-0.2, -0.15) is 10.2 Å². The van der Waals surface area contributed by atoms with Gasteiger partial charge in [0.1, 0.15) is 11.8 Å². The molecule has 0 bridgehead atoms. The number of anilines is 1. The second-order valence-electron chi connectivity index (χ2n) is 9.95. The van der Waals surface area contributed by atoms with E-state index in [2.05, 4.69) is 56.1 Å². The van der Waals surface area contributed by atoms with Crippen LogP contribution in [0, 0.1) is 18.3 Å². The molecule has 0 saturated carbocycles. The number of aromatic nitrogens is 1. The summed E-state index contributed by atoms with van der Waals surface area (Å²) in [6.45, 7) is 10.7. The largest absolute Gasteiger partial charge is 0.484 e. The van der Waals surface area contributed by atoms with Gasteiger partial charge in [-0.25, -0.2) is 0 Å². The zero-order chi connectivity index (χ0) is 25.7. The van der Waals surface area contributed by atoms with Gasteiger partial charge in [0, 0.05) is 32.3 Å². The first-order valence-corrected chi connectivity index (χ1v) is 12.2. The summed E-state index contributed by atoms with van der Waals surface area (Å²) in [5, 5.41) is 9.59. The number of oxazole rings is 1. The quantitative estimate of drug-likeness (QED) is 0.487. The molecule has 7 nitrogen and oxygen atoms in total. The standard InChI is InChI=1S/C29H32N4O3/c1-21-7-5-6-8-25(21)35-20-27(34)32-15-17-33(18-16-32)28-24(19-30)31-26(36-28)14-11-22-9-12-23(13-10-22)29(2,3)4/h5-14H,15-18,20H2,1-4H3/b14-11+. The van der Waals surface area contributed by atoms with Gasteiger partial charge in [-0.3, -0.25) is 4.79 Å².